The molecule has 100 valence electrons. The fourth-order valence-electron chi connectivity index (χ4n) is 2.33. The monoisotopic (exact) mass is 288 g/mol. The number of aliphatic carboxylic acids is 1. The number of carbonyl (C=O) groups is 1. The van der Waals surface area contributed by atoms with Gasteiger partial charge in [-0.2, -0.15) is 0 Å². The van der Waals surface area contributed by atoms with E-state index in [1.807, 2.05) is 0 Å². The quantitative estimate of drug-likeness (QED) is 0.835. The maximum absolute atomic E-state index is 11.3. The maximum atomic E-state index is 11.3. The largest absolute Gasteiger partial charge is 0.480 e. The van der Waals surface area contributed by atoms with Crippen LogP contribution in [0.15, 0.2) is 6.20 Å². The van der Waals surface area contributed by atoms with Gasteiger partial charge in [-0.1, -0.05) is 37.3 Å². The van der Waals surface area contributed by atoms with Gasteiger partial charge in [-0.05, 0) is 12.8 Å². The highest BCUT2D eigenvalue weighted by Crippen LogP contribution is 2.26. The Kier molecular flexibility index (Phi) is 4.97. The van der Waals surface area contributed by atoms with E-state index in [4.69, 9.17) is 11.6 Å². The van der Waals surface area contributed by atoms with Gasteiger partial charge in [0.15, 0.2) is 6.04 Å². The third kappa shape index (κ3) is 3.67. The van der Waals surface area contributed by atoms with Crippen molar-refractivity contribution in [2.24, 2.45) is 0 Å². The summed E-state index contributed by atoms with van der Waals surface area (Å²) >= 11 is 7.04. The normalized spacial score (nSPS) is 19.4. The molecular formula is C12H17ClN2O2S. The van der Waals surface area contributed by atoms with E-state index in [0.717, 1.165) is 12.8 Å². The summed E-state index contributed by atoms with van der Waals surface area (Å²) in [5.41, 5.74) is 0. The molecule has 1 aliphatic carbocycles. The lowest BCUT2D eigenvalue weighted by Gasteiger charge is -2.20. The number of halogens is 1. The van der Waals surface area contributed by atoms with Gasteiger partial charge in [-0.15, -0.1) is 11.3 Å². The molecule has 0 aromatic carbocycles. The molecular weight excluding hydrogens is 272 g/mol. The summed E-state index contributed by atoms with van der Waals surface area (Å²) in [5.74, 6) is -0.884. The van der Waals surface area contributed by atoms with Crippen LogP contribution in [0.5, 0.6) is 0 Å². The highest BCUT2D eigenvalue weighted by atomic mass is 35.5. The van der Waals surface area contributed by atoms with Gasteiger partial charge in [0, 0.05) is 6.04 Å². The number of nitrogens with one attached hydrogen (secondary N) is 1. The van der Waals surface area contributed by atoms with Crippen LogP contribution >= 0.6 is 22.9 Å². The predicted molar refractivity (Wildman–Crippen MR) is 72.1 cm³/mol. The Morgan fingerprint density at radius 3 is 2.61 bits per heavy atom. The first kappa shape index (κ1) is 13.8. The van der Waals surface area contributed by atoms with Crippen molar-refractivity contribution in [3.63, 3.8) is 0 Å². The minimum atomic E-state index is -0.884. The molecule has 1 saturated carbocycles. The van der Waals surface area contributed by atoms with E-state index in [-0.39, 0.29) is 6.04 Å². The average Bonchev–Trinajstić information content (AvgIpc) is 2.61. The van der Waals surface area contributed by atoms with Crippen LogP contribution in [0.3, 0.4) is 0 Å². The van der Waals surface area contributed by atoms with Crippen LogP contribution in [0.2, 0.25) is 4.34 Å². The Labute approximate surface area is 115 Å². The molecule has 1 unspecified atom stereocenters. The molecule has 0 spiro atoms. The second-order valence-corrected chi connectivity index (χ2v) is 6.32. The summed E-state index contributed by atoms with van der Waals surface area (Å²) in [6.45, 7) is 0. The van der Waals surface area contributed by atoms with Crippen molar-refractivity contribution in [1.29, 1.82) is 0 Å². The first-order chi connectivity index (χ1) is 8.66. The maximum Gasteiger partial charge on any atom is 0.327 e. The minimum absolute atomic E-state index is 0.274. The molecule has 1 aliphatic rings. The number of aromatic nitrogens is 1. The zero-order chi connectivity index (χ0) is 13.0. The molecule has 1 atom stereocenters. The predicted octanol–water partition coefficient (Wildman–Crippen LogP) is 3.23. The van der Waals surface area contributed by atoms with Crippen LogP contribution in [-0.4, -0.2) is 22.1 Å². The van der Waals surface area contributed by atoms with E-state index in [0.29, 0.717) is 9.34 Å². The SMILES string of the molecule is O=C(O)C(NC1CCCCCC1)c1ncc(Cl)s1. The Hall–Kier alpha value is -0.650. The molecule has 4 nitrogen and oxygen atoms in total. The van der Waals surface area contributed by atoms with Crippen LogP contribution in [0.1, 0.15) is 49.6 Å². The molecule has 0 bridgehead atoms. The highest BCUT2D eigenvalue weighted by molar-refractivity contribution is 7.16. The van der Waals surface area contributed by atoms with E-state index < -0.39 is 12.0 Å². The molecule has 2 N–H and O–H groups in total. The van der Waals surface area contributed by atoms with Gasteiger partial charge in [0.1, 0.15) is 9.34 Å². The highest BCUT2D eigenvalue weighted by Gasteiger charge is 2.26. The zero-order valence-corrected chi connectivity index (χ0v) is 11.6. The van der Waals surface area contributed by atoms with Crippen LogP contribution in [0, 0.1) is 0 Å². The van der Waals surface area contributed by atoms with Gasteiger partial charge < -0.3 is 5.11 Å². The van der Waals surface area contributed by atoms with Crippen LogP contribution in [0.25, 0.3) is 0 Å². The van der Waals surface area contributed by atoms with Gasteiger partial charge in [0.25, 0.3) is 0 Å². The standard InChI is InChI=1S/C12H17ClN2O2S/c13-9-7-14-11(18-9)10(12(16)17)15-8-5-3-1-2-4-6-8/h7-8,10,15H,1-6H2,(H,16,17). The van der Waals surface area contributed by atoms with Gasteiger partial charge in [-0.25, -0.2) is 4.98 Å². The lowest BCUT2D eigenvalue weighted by molar-refractivity contribution is -0.140. The van der Waals surface area contributed by atoms with Crippen molar-refractivity contribution < 1.29 is 9.90 Å². The fraction of sp³-hybridized carbons (Fsp3) is 0.667. The fourth-order valence-corrected chi connectivity index (χ4v) is 3.31. The first-order valence-corrected chi connectivity index (χ1v) is 7.46. The number of thiazole rings is 1. The Morgan fingerprint density at radius 2 is 2.11 bits per heavy atom. The lowest BCUT2D eigenvalue weighted by atomic mass is 10.1. The molecule has 1 heterocycles. The molecule has 6 heteroatoms. The number of nitrogens with zero attached hydrogens (tertiary/aromatic N) is 1. The molecule has 0 aliphatic heterocycles. The molecule has 1 fully saturated rings. The first-order valence-electron chi connectivity index (χ1n) is 6.27. The topological polar surface area (TPSA) is 62.2 Å². The third-order valence-electron chi connectivity index (χ3n) is 3.25. The average molecular weight is 289 g/mol. The Bertz CT molecular complexity index is 403. The number of hydrogen-bond donors (Lipinski definition) is 2. The van der Waals surface area contributed by atoms with Crippen molar-refractivity contribution in [3.05, 3.63) is 15.5 Å². The number of hydrogen-bond acceptors (Lipinski definition) is 4. The molecule has 2 rings (SSSR count). The Morgan fingerprint density at radius 1 is 1.44 bits per heavy atom. The third-order valence-corrected chi connectivity index (χ3v) is 4.43. The minimum Gasteiger partial charge on any atom is -0.480 e. The van der Waals surface area contributed by atoms with E-state index >= 15 is 0 Å². The Balaban J connectivity index is 2.04. The molecule has 1 aromatic heterocycles. The molecule has 1 aromatic rings. The molecule has 18 heavy (non-hydrogen) atoms. The zero-order valence-electron chi connectivity index (χ0n) is 10.1. The van der Waals surface area contributed by atoms with E-state index in [1.165, 1.54) is 43.2 Å². The van der Waals surface area contributed by atoms with Gasteiger partial charge in [0.2, 0.25) is 0 Å². The second kappa shape index (κ2) is 6.50. The van der Waals surface area contributed by atoms with Crippen molar-refractivity contribution in [2.75, 3.05) is 0 Å². The molecule has 0 saturated heterocycles. The van der Waals surface area contributed by atoms with Crippen LogP contribution in [-0.2, 0) is 4.79 Å². The summed E-state index contributed by atoms with van der Waals surface area (Å²) in [5, 5.41) is 13.1. The van der Waals surface area contributed by atoms with Gasteiger partial charge in [0.05, 0.1) is 6.20 Å². The van der Waals surface area contributed by atoms with E-state index in [9.17, 15) is 9.90 Å². The summed E-state index contributed by atoms with van der Waals surface area (Å²) < 4.78 is 0.527. The number of rotatable bonds is 4. The second-order valence-electron chi connectivity index (χ2n) is 4.63. The van der Waals surface area contributed by atoms with Crippen LogP contribution < -0.4 is 5.32 Å². The van der Waals surface area contributed by atoms with E-state index in [1.54, 1.807) is 0 Å². The molecule has 0 radical (unpaired) electrons. The van der Waals surface area contributed by atoms with Crippen molar-refractivity contribution in [2.45, 2.75) is 50.6 Å². The summed E-state index contributed by atoms with van der Waals surface area (Å²) in [6.07, 6.45) is 8.43. The van der Waals surface area contributed by atoms with Crippen molar-refractivity contribution in [3.8, 4) is 0 Å². The number of carboxylic acid groups (broad SMARTS) is 1. The lowest BCUT2D eigenvalue weighted by Crippen LogP contribution is -2.36. The smallest absolute Gasteiger partial charge is 0.327 e. The van der Waals surface area contributed by atoms with Crippen molar-refractivity contribution >= 4 is 28.9 Å². The number of carboxylic acids is 1. The van der Waals surface area contributed by atoms with Crippen molar-refractivity contribution in [1.82, 2.24) is 10.3 Å². The van der Waals surface area contributed by atoms with Gasteiger partial charge >= 0.3 is 5.97 Å². The van der Waals surface area contributed by atoms with Crippen LogP contribution in [0.4, 0.5) is 0 Å². The van der Waals surface area contributed by atoms with E-state index in [2.05, 4.69) is 10.3 Å². The summed E-state index contributed by atoms with van der Waals surface area (Å²) in [6, 6.07) is -0.457. The van der Waals surface area contributed by atoms with Gasteiger partial charge in [-0.3, -0.25) is 10.1 Å². The molecule has 0 amide bonds. The summed E-state index contributed by atoms with van der Waals surface area (Å²) in [7, 11) is 0. The summed E-state index contributed by atoms with van der Waals surface area (Å²) in [4.78, 5) is 15.4.